The molecule has 0 amide bonds. The molecule has 4 rings (SSSR count). The van der Waals surface area contributed by atoms with E-state index in [4.69, 9.17) is 4.42 Å². The van der Waals surface area contributed by atoms with Gasteiger partial charge in [-0.05, 0) is 23.3 Å². The third kappa shape index (κ3) is 2.00. The number of rotatable bonds is 3. The first kappa shape index (κ1) is 13.1. The van der Waals surface area contributed by atoms with Gasteiger partial charge in [0.1, 0.15) is 11.2 Å². The maximum absolute atomic E-state index is 9.97. The van der Waals surface area contributed by atoms with E-state index in [0.717, 1.165) is 33.1 Å². The summed E-state index contributed by atoms with van der Waals surface area (Å²) >= 11 is 0. The number of furan rings is 1. The van der Waals surface area contributed by atoms with Crippen LogP contribution in [0.3, 0.4) is 0 Å². The van der Waals surface area contributed by atoms with Crippen molar-refractivity contribution >= 4 is 21.9 Å². The van der Waals surface area contributed by atoms with Crippen LogP contribution in [0.2, 0.25) is 0 Å². The molecule has 22 heavy (non-hydrogen) atoms. The molecule has 0 saturated carbocycles. The standard InChI is InChI=1S/C20H16O2/c21-13-17(14-7-2-1-3-8-14)15-10-6-12-19-20(15)16-9-4-5-11-18(16)22-19/h1-12,17,21H,13H2. The molecule has 1 atom stereocenters. The molecule has 1 heterocycles. The van der Waals surface area contributed by atoms with Crippen molar-refractivity contribution in [2.45, 2.75) is 5.92 Å². The van der Waals surface area contributed by atoms with Gasteiger partial charge in [0.25, 0.3) is 0 Å². The smallest absolute Gasteiger partial charge is 0.135 e. The molecule has 0 aliphatic carbocycles. The van der Waals surface area contributed by atoms with Gasteiger partial charge in [0.15, 0.2) is 0 Å². The SMILES string of the molecule is OCC(c1ccccc1)c1cccc2oc3ccccc3c12. The van der Waals surface area contributed by atoms with Gasteiger partial charge in [0.2, 0.25) is 0 Å². The fourth-order valence-corrected chi connectivity index (χ4v) is 3.16. The average molecular weight is 288 g/mol. The second-order valence-corrected chi connectivity index (χ2v) is 5.46. The Hall–Kier alpha value is -2.58. The fraction of sp³-hybridized carbons (Fsp3) is 0.100. The number of aliphatic hydroxyl groups excluding tert-OH is 1. The van der Waals surface area contributed by atoms with Gasteiger partial charge in [-0.15, -0.1) is 0 Å². The van der Waals surface area contributed by atoms with Gasteiger partial charge in [-0.3, -0.25) is 0 Å². The van der Waals surface area contributed by atoms with Crippen molar-refractivity contribution in [3.8, 4) is 0 Å². The summed E-state index contributed by atoms with van der Waals surface area (Å²) in [4.78, 5) is 0. The Morgan fingerprint density at radius 1 is 0.773 bits per heavy atom. The fourth-order valence-electron chi connectivity index (χ4n) is 3.16. The van der Waals surface area contributed by atoms with Gasteiger partial charge in [-0.25, -0.2) is 0 Å². The van der Waals surface area contributed by atoms with Gasteiger partial charge in [-0.2, -0.15) is 0 Å². The topological polar surface area (TPSA) is 33.4 Å². The monoisotopic (exact) mass is 288 g/mol. The lowest BCUT2D eigenvalue weighted by Gasteiger charge is -2.16. The molecule has 0 aliphatic rings. The molecule has 0 bridgehead atoms. The maximum Gasteiger partial charge on any atom is 0.135 e. The number of fused-ring (bicyclic) bond motifs is 3. The quantitative estimate of drug-likeness (QED) is 0.592. The van der Waals surface area contributed by atoms with Gasteiger partial charge >= 0.3 is 0 Å². The van der Waals surface area contributed by atoms with E-state index in [0.29, 0.717) is 0 Å². The normalized spacial score (nSPS) is 12.8. The van der Waals surface area contributed by atoms with Gasteiger partial charge in [0, 0.05) is 16.7 Å². The number of aliphatic hydroxyl groups is 1. The second-order valence-electron chi connectivity index (χ2n) is 5.46. The Labute approximate surface area is 128 Å². The molecule has 0 spiro atoms. The number of hydrogen-bond acceptors (Lipinski definition) is 2. The molecule has 3 aromatic carbocycles. The molecule has 1 unspecified atom stereocenters. The molecule has 1 aromatic heterocycles. The van der Waals surface area contributed by atoms with Crippen LogP contribution >= 0.6 is 0 Å². The van der Waals surface area contributed by atoms with Crippen molar-refractivity contribution in [3.05, 3.63) is 83.9 Å². The van der Waals surface area contributed by atoms with Crippen LogP contribution in [0.1, 0.15) is 17.0 Å². The zero-order valence-electron chi connectivity index (χ0n) is 12.1. The Balaban J connectivity index is 2.01. The van der Waals surface area contributed by atoms with Crippen molar-refractivity contribution in [2.24, 2.45) is 0 Å². The second kappa shape index (κ2) is 5.32. The van der Waals surface area contributed by atoms with Crippen LogP contribution < -0.4 is 0 Å². The molecule has 2 heteroatoms. The van der Waals surface area contributed by atoms with Crippen molar-refractivity contribution in [1.29, 1.82) is 0 Å². The molecule has 108 valence electrons. The first-order chi connectivity index (χ1) is 10.9. The third-order valence-corrected chi connectivity index (χ3v) is 4.19. The minimum absolute atomic E-state index is 0.0501. The van der Waals surface area contributed by atoms with Crippen LogP contribution in [0.25, 0.3) is 21.9 Å². The first-order valence-electron chi connectivity index (χ1n) is 7.44. The number of para-hydroxylation sites is 1. The lowest BCUT2D eigenvalue weighted by atomic mass is 9.89. The third-order valence-electron chi connectivity index (χ3n) is 4.19. The van der Waals surface area contributed by atoms with E-state index in [2.05, 4.69) is 24.3 Å². The van der Waals surface area contributed by atoms with E-state index in [1.807, 2.05) is 48.5 Å². The summed E-state index contributed by atoms with van der Waals surface area (Å²) in [6.45, 7) is 0.0721. The van der Waals surface area contributed by atoms with E-state index in [1.165, 1.54) is 0 Å². The summed E-state index contributed by atoms with van der Waals surface area (Å²) in [5.74, 6) is -0.0501. The molecule has 4 aromatic rings. The average Bonchev–Trinajstić information content (AvgIpc) is 2.96. The molecular weight excluding hydrogens is 272 g/mol. The summed E-state index contributed by atoms with van der Waals surface area (Å²) in [6, 6.07) is 24.2. The summed E-state index contributed by atoms with van der Waals surface area (Å²) in [6.07, 6.45) is 0. The highest BCUT2D eigenvalue weighted by Crippen LogP contribution is 2.36. The molecular formula is C20H16O2. The summed E-state index contributed by atoms with van der Waals surface area (Å²) in [5.41, 5.74) is 3.97. The zero-order valence-corrected chi connectivity index (χ0v) is 12.1. The van der Waals surface area contributed by atoms with E-state index in [-0.39, 0.29) is 12.5 Å². The van der Waals surface area contributed by atoms with Crippen molar-refractivity contribution < 1.29 is 9.52 Å². The van der Waals surface area contributed by atoms with Gasteiger partial charge in [-0.1, -0.05) is 60.7 Å². The minimum Gasteiger partial charge on any atom is -0.456 e. The highest BCUT2D eigenvalue weighted by molar-refractivity contribution is 6.07. The summed E-state index contributed by atoms with van der Waals surface area (Å²) < 4.78 is 5.94. The molecule has 0 aliphatic heterocycles. The Bertz CT molecular complexity index is 922. The predicted molar refractivity (Wildman–Crippen MR) is 89.1 cm³/mol. The highest BCUT2D eigenvalue weighted by Gasteiger charge is 2.19. The number of benzene rings is 3. The minimum atomic E-state index is -0.0501. The summed E-state index contributed by atoms with van der Waals surface area (Å²) in [5, 5.41) is 12.2. The van der Waals surface area contributed by atoms with Crippen molar-refractivity contribution in [2.75, 3.05) is 6.61 Å². The van der Waals surface area contributed by atoms with Gasteiger partial charge in [0.05, 0.1) is 6.61 Å². The Morgan fingerprint density at radius 3 is 2.32 bits per heavy atom. The van der Waals surface area contributed by atoms with E-state index >= 15 is 0 Å². The Kier molecular flexibility index (Phi) is 3.17. The van der Waals surface area contributed by atoms with Crippen LogP contribution in [0.4, 0.5) is 0 Å². The molecule has 0 fully saturated rings. The molecule has 1 N–H and O–H groups in total. The lowest BCUT2D eigenvalue weighted by molar-refractivity contribution is 0.281. The molecule has 2 nitrogen and oxygen atoms in total. The highest BCUT2D eigenvalue weighted by atomic mass is 16.3. The maximum atomic E-state index is 9.97. The lowest BCUT2D eigenvalue weighted by Crippen LogP contribution is -2.06. The van der Waals surface area contributed by atoms with Crippen molar-refractivity contribution in [3.63, 3.8) is 0 Å². The summed E-state index contributed by atoms with van der Waals surface area (Å²) in [7, 11) is 0. The van der Waals surface area contributed by atoms with E-state index < -0.39 is 0 Å². The number of hydrogen-bond donors (Lipinski definition) is 1. The van der Waals surface area contributed by atoms with E-state index in [1.54, 1.807) is 0 Å². The van der Waals surface area contributed by atoms with Gasteiger partial charge < -0.3 is 9.52 Å². The van der Waals surface area contributed by atoms with E-state index in [9.17, 15) is 5.11 Å². The Morgan fingerprint density at radius 2 is 1.50 bits per heavy atom. The predicted octanol–water partition coefficient (Wildman–Crippen LogP) is 4.71. The van der Waals surface area contributed by atoms with Crippen LogP contribution in [-0.4, -0.2) is 11.7 Å². The first-order valence-corrected chi connectivity index (χ1v) is 7.44. The van der Waals surface area contributed by atoms with Crippen LogP contribution in [0, 0.1) is 0 Å². The zero-order chi connectivity index (χ0) is 14.9. The molecule has 0 radical (unpaired) electrons. The van der Waals surface area contributed by atoms with Crippen molar-refractivity contribution in [1.82, 2.24) is 0 Å². The van der Waals surface area contributed by atoms with Crippen LogP contribution in [0.15, 0.2) is 77.2 Å². The molecule has 0 saturated heterocycles. The largest absolute Gasteiger partial charge is 0.456 e. The van der Waals surface area contributed by atoms with Crippen LogP contribution in [0.5, 0.6) is 0 Å². The van der Waals surface area contributed by atoms with Crippen LogP contribution in [-0.2, 0) is 0 Å².